The molecule has 1 aromatic heterocycles. The van der Waals surface area contributed by atoms with E-state index in [-0.39, 0.29) is 18.1 Å². The van der Waals surface area contributed by atoms with Crippen LogP contribution in [0.5, 0.6) is 17.2 Å². The van der Waals surface area contributed by atoms with Gasteiger partial charge in [0.05, 0.1) is 46.1 Å². The van der Waals surface area contributed by atoms with E-state index < -0.39 is 6.04 Å². The number of carbonyl (C=O) groups excluding carboxylic acids is 1. The third kappa shape index (κ3) is 6.53. The Labute approximate surface area is 288 Å². The summed E-state index contributed by atoms with van der Waals surface area (Å²) in [7, 11) is 3.10. The van der Waals surface area contributed by atoms with Crippen LogP contribution in [0.25, 0.3) is 6.08 Å². The largest absolute Gasteiger partial charge is 0.497 e. The Hall–Kier alpha value is -5.44. The number of amides is 1. The number of anilines is 1. The number of nitrogens with one attached hydrogen (secondary N) is 1. The second-order valence-corrected chi connectivity index (χ2v) is 12.6. The van der Waals surface area contributed by atoms with Gasteiger partial charge in [-0.3, -0.25) is 14.2 Å². The lowest BCUT2D eigenvalue weighted by Gasteiger charge is -2.26. The van der Waals surface area contributed by atoms with Gasteiger partial charge < -0.3 is 19.5 Å². The third-order valence-corrected chi connectivity index (χ3v) is 9.41. The monoisotopic (exact) mass is 720 g/mol. The van der Waals surface area contributed by atoms with Crippen molar-refractivity contribution in [1.82, 2.24) is 4.57 Å². The molecule has 0 fully saturated rings. The molecule has 1 amide bonds. The third-order valence-electron chi connectivity index (χ3n) is 7.81. The number of nitriles is 1. The normalized spacial score (nSPS) is 14.1. The van der Waals surface area contributed by atoms with Gasteiger partial charge in [-0.25, -0.2) is 4.99 Å². The maximum atomic E-state index is 14.2. The zero-order chi connectivity index (χ0) is 33.8. The molecular formula is C37H29BrN4O5S. The summed E-state index contributed by atoms with van der Waals surface area (Å²) >= 11 is 4.83. The van der Waals surface area contributed by atoms with Crippen LogP contribution in [0, 0.1) is 11.3 Å². The number of nitrogens with zero attached hydrogens (tertiary/aromatic N) is 3. The molecule has 0 bridgehead atoms. The van der Waals surface area contributed by atoms with Crippen LogP contribution >= 0.6 is 27.3 Å². The molecule has 0 aliphatic carbocycles. The van der Waals surface area contributed by atoms with Crippen LogP contribution in [0.2, 0.25) is 0 Å². The fourth-order valence-corrected chi connectivity index (χ4v) is 7.01. The summed E-state index contributed by atoms with van der Waals surface area (Å²) < 4.78 is 19.8. The predicted molar refractivity (Wildman–Crippen MR) is 188 cm³/mol. The number of hydrogen-bond donors (Lipinski definition) is 1. The zero-order valence-electron chi connectivity index (χ0n) is 26.2. The van der Waals surface area contributed by atoms with Gasteiger partial charge in [-0.2, -0.15) is 5.26 Å². The van der Waals surface area contributed by atoms with Gasteiger partial charge in [0, 0.05) is 22.9 Å². The highest BCUT2D eigenvalue weighted by Crippen LogP contribution is 2.37. The van der Waals surface area contributed by atoms with Crippen molar-refractivity contribution >= 4 is 44.9 Å². The highest BCUT2D eigenvalue weighted by molar-refractivity contribution is 9.10. The van der Waals surface area contributed by atoms with Gasteiger partial charge in [0.2, 0.25) is 0 Å². The Bertz CT molecular complexity index is 2290. The van der Waals surface area contributed by atoms with Crippen molar-refractivity contribution in [2.24, 2.45) is 4.99 Å². The van der Waals surface area contributed by atoms with Crippen molar-refractivity contribution in [3.8, 4) is 23.3 Å². The summed E-state index contributed by atoms with van der Waals surface area (Å²) in [5.41, 5.74) is 3.84. The predicted octanol–water partition coefficient (Wildman–Crippen LogP) is 6.10. The number of benzene rings is 4. The molecular weight excluding hydrogens is 692 g/mol. The van der Waals surface area contributed by atoms with Crippen molar-refractivity contribution < 1.29 is 19.0 Å². The lowest BCUT2D eigenvalue weighted by molar-refractivity contribution is -0.113. The number of rotatable bonds is 9. The van der Waals surface area contributed by atoms with Crippen LogP contribution in [0.15, 0.2) is 117 Å². The molecule has 2 heterocycles. The minimum Gasteiger partial charge on any atom is -0.497 e. The fourth-order valence-electron chi connectivity index (χ4n) is 5.46. The van der Waals surface area contributed by atoms with Gasteiger partial charge in [-0.1, -0.05) is 53.8 Å². The molecule has 6 rings (SSSR count). The van der Waals surface area contributed by atoms with E-state index in [2.05, 4.69) is 27.3 Å². The molecule has 0 spiro atoms. The first kappa shape index (κ1) is 32.5. The highest BCUT2D eigenvalue weighted by atomic mass is 79.9. The first-order chi connectivity index (χ1) is 23.3. The Morgan fingerprint density at radius 1 is 1.02 bits per heavy atom. The lowest BCUT2D eigenvalue weighted by atomic mass is 9.94. The molecule has 0 saturated heterocycles. The summed E-state index contributed by atoms with van der Waals surface area (Å²) in [6.07, 6.45) is 1.79. The number of fused-ring (bicyclic) bond motifs is 1. The van der Waals surface area contributed by atoms with Gasteiger partial charge in [0.1, 0.15) is 29.9 Å². The smallest absolute Gasteiger partial charge is 0.271 e. The molecule has 11 heteroatoms. The topological polar surface area (TPSA) is 115 Å². The molecule has 4 aromatic carbocycles. The number of ether oxygens (including phenoxy) is 3. The van der Waals surface area contributed by atoms with Gasteiger partial charge in [-0.15, -0.1) is 0 Å². The summed E-state index contributed by atoms with van der Waals surface area (Å²) in [6, 6.07) is 28.6. The van der Waals surface area contributed by atoms with Crippen LogP contribution in [-0.4, -0.2) is 24.7 Å². The van der Waals surface area contributed by atoms with Crippen LogP contribution < -0.4 is 34.4 Å². The molecule has 5 aromatic rings. The highest BCUT2D eigenvalue weighted by Gasteiger charge is 2.34. The maximum Gasteiger partial charge on any atom is 0.271 e. The maximum absolute atomic E-state index is 14.2. The molecule has 1 aliphatic heterocycles. The van der Waals surface area contributed by atoms with Gasteiger partial charge in [0.15, 0.2) is 4.80 Å². The average molecular weight is 722 g/mol. The number of allylic oxidation sites excluding steroid dienone is 1. The van der Waals surface area contributed by atoms with Crippen LogP contribution in [0.4, 0.5) is 5.69 Å². The summed E-state index contributed by atoms with van der Waals surface area (Å²) in [5, 5.41) is 12.4. The average Bonchev–Trinajstić information content (AvgIpc) is 3.40. The van der Waals surface area contributed by atoms with E-state index in [0.29, 0.717) is 59.1 Å². The number of halogens is 1. The number of methoxy groups -OCH3 is 2. The van der Waals surface area contributed by atoms with Crippen LogP contribution in [0.1, 0.15) is 35.2 Å². The van der Waals surface area contributed by atoms with E-state index >= 15 is 0 Å². The van der Waals surface area contributed by atoms with E-state index in [9.17, 15) is 14.9 Å². The minimum absolute atomic E-state index is 0.231. The number of hydrogen-bond acceptors (Lipinski definition) is 8. The number of para-hydroxylation sites is 1. The van der Waals surface area contributed by atoms with Crippen molar-refractivity contribution in [3.63, 3.8) is 0 Å². The summed E-state index contributed by atoms with van der Waals surface area (Å²) in [6.45, 7) is 2.00. The second-order valence-electron chi connectivity index (χ2n) is 10.8. The zero-order valence-corrected chi connectivity index (χ0v) is 28.6. The fraction of sp³-hybridized carbons (Fsp3) is 0.135. The van der Waals surface area contributed by atoms with Crippen molar-refractivity contribution in [2.75, 3.05) is 19.5 Å². The minimum atomic E-state index is -0.827. The van der Waals surface area contributed by atoms with E-state index in [1.807, 2.05) is 54.6 Å². The van der Waals surface area contributed by atoms with E-state index in [0.717, 1.165) is 11.1 Å². The standard InChI is InChI=1S/C37H29BrN4O5S/c1-22-33(35(43)41-26-11-5-4-6-12-26)34(28-15-14-27(45-2)19-31(28)46-3)42-36(44)32(48-37(42)40-22)18-23-13-16-30(29(38)17-23)47-21-25-10-8-7-9-24(25)20-39/h4-19,34H,21H2,1-3H3,(H,41,43)/b32-18-/t34-/m1/s1. The molecule has 1 N–H and O–H groups in total. The molecule has 0 unspecified atom stereocenters. The van der Waals surface area contributed by atoms with Crippen molar-refractivity contribution in [3.05, 3.63) is 149 Å². The van der Waals surface area contributed by atoms with Crippen LogP contribution in [0.3, 0.4) is 0 Å². The Kier molecular flexibility index (Phi) is 9.57. The summed E-state index contributed by atoms with van der Waals surface area (Å²) in [5.74, 6) is 1.26. The molecule has 1 aliphatic rings. The van der Waals surface area contributed by atoms with E-state index in [1.165, 1.54) is 18.4 Å². The Morgan fingerprint density at radius 3 is 2.52 bits per heavy atom. The van der Waals surface area contributed by atoms with E-state index in [4.69, 9.17) is 19.2 Å². The number of thiazole rings is 1. The first-order valence-corrected chi connectivity index (χ1v) is 16.4. The van der Waals surface area contributed by atoms with Crippen LogP contribution in [-0.2, 0) is 11.4 Å². The molecule has 0 radical (unpaired) electrons. The Morgan fingerprint density at radius 2 is 1.79 bits per heavy atom. The lowest BCUT2D eigenvalue weighted by Crippen LogP contribution is -2.40. The molecule has 9 nitrogen and oxygen atoms in total. The molecule has 1 atom stereocenters. The summed E-state index contributed by atoms with van der Waals surface area (Å²) in [4.78, 5) is 33.3. The van der Waals surface area contributed by atoms with Crippen molar-refractivity contribution in [1.29, 1.82) is 5.26 Å². The quantitative estimate of drug-likeness (QED) is 0.197. The number of aromatic nitrogens is 1. The SMILES string of the molecule is COc1ccc([C@@H]2C(C(=O)Nc3ccccc3)=C(C)N=c3s/c(=C\c4ccc(OCc5ccccc5C#N)c(Br)c4)c(=O)n32)c(OC)c1. The first-order valence-electron chi connectivity index (χ1n) is 14.8. The molecule has 240 valence electrons. The van der Waals surface area contributed by atoms with Gasteiger partial charge >= 0.3 is 0 Å². The number of carbonyl (C=O) groups is 1. The molecule has 0 saturated carbocycles. The van der Waals surface area contributed by atoms with E-state index in [1.54, 1.807) is 61.1 Å². The molecule has 48 heavy (non-hydrogen) atoms. The second kappa shape index (κ2) is 14.1. The Balaban J connectivity index is 1.40. The van der Waals surface area contributed by atoms with Crippen molar-refractivity contribution in [2.45, 2.75) is 19.6 Å². The van der Waals surface area contributed by atoms with Gasteiger partial charge in [0.25, 0.3) is 11.5 Å². The van der Waals surface area contributed by atoms with Gasteiger partial charge in [-0.05, 0) is 77.0 Å².